The van der Waals surface area contributed by atoms with Gasteiger partial charge >= 0.3 is 6.09 Å². The van der Waals surface area contributed by atoms with Crippen LogP contribution in [0, 0.1) is 11.8 Å². The molecule has 1 aromatic heterocycles. The Morgan fingerprint density at radius 1 is 1.17 bits per heavy atom. The summed E-state index contributed by atoms with van der Waals surface area (Å²) < 4.78 is 5.48. The third kappa shape index (κ3) is 2.75. The van der Waals surface area contributed by atoms with Crippen molar-refractivity contribution in [2.24, 2.45) is 11.8 Å². The summed E-state index contributed by atoms with van der Waals surface area (Å²) in [5.74, 6) is 1.86. The molecule has 0 spiro atoms. The maximum absolute atomic E-state index is 12.2. The number of hydrogen-bond donors (Lipinski definition) is 0. The Morgan fingerprint density at radius 2 is 1.87 bits per heavy atom. The molecule has 0 N–H and O–H groups in total. The van der Waals surface area contributed by atoms with E-state index in [0.717, 1.165) is 45.0 Å². The van der Waals surface area contributed by atoms with E-state index >= 15 is 0 Å². The lowest BCUT2D eigenvalue weighted by Gasteiger charge is -2.26. The van der Waals surface area contributed by atoms with Gasteiger partial charge in [-0.25, -0.2) is 14.8 Å². The zero-order valence-corrected chi connectivity index (χ0v) is 14.1. The van der Waals surface area contributed by atoms with Crippen LogP contribution in [0.25, 0.3) is 0 Å². The summed E-state index contributed by atoms with van der Waals surface area (Å²) in [5.41, 5.74) is 2.08. The maximum atomic E-state index is 12.2. The molecule has 6 heteroatoms. The molecule has 0 saturated carbocycles. The van der Waals surface area contributed by atoms with Crippen LogP contribution in [0.5, 0.6) is 0 Å². The summed E-state index contributed by atoms with van der Waals surface area (Å²) in [6.07, 6.45) is 3.99. The second-order valence-electron chi connectivity index (χ2n) is 7.95. The molecular formula is C17H24N4O2. The van der Waals surface area contributed by atoms with E-state index in [9.17, 15) is 4.79 Å². The average Bonchev–Trinajstić information content (AvgIpc) is 2.96. The van der Waals surface area contributed by atoms with Crippen LogP contribution < -0.4 is 4.90 Å². The van der Waals surface area contributed by atoms with Gasteiger partial charge < -0.3 is 14.5 Å². The number of hydrogen-bond acceptors (Lipinski definition) is 5. The van der Waals surface area contributed by atoms with Crippen LogP contribution in [0.1, 0.15) is 32.0 Å². The number of carbonyl (C=O) groups is 1. The summed E-state index contributed by atoms with van der Waals surface area (Å²) in [6.45, 7) is 9.15. The molecule has 1 amide bonds. The zero-order valence-electron chi connectivity index (χ0n) is 14.1. The molecule has 3 aliphatic rings. The molecule has 2 saturated heterocycles. The van der Waals surface area contributed by atoms with Crippen LogP contribution in [0.15, 0.2) is 6.20 Å². The fraction of sp³-hybridized carbons (Fsp3) is 0.706. The molecule has 4 rings (SSSR count). The SMILES string of the molecule is CC(C)(C)OC(=O)N1C[C@@H]2CN(c3ncc4c(n3)CC4)C[C@@H]2C1. The molecule has 2 atom stereocenters. The van der Waals surface area contributed by atoms with Crippen molar-refractivity contribution >= 4 is 12.0 Å². The van der Waals surface area contributed by atoms with E-state index in [1.54, 1.807) is 0 Å². The molecular weight excluding hydrogens is 292 g/mol. The van der Waals surface area contributed by atoms with E-state index in [1.165, 1.54) is 11.3 Å². The second kappa shape index (κ2) is 5.08. The highest BCUT2D eigenvalue weighted by Crippen LogP contribution is 2.34. The highest BCUT2D eigenvalue weighted by molar-refractivity contribution is 5.68. The van der Waals surface area contributed by atoms with E-state index in [0.29, 0.717) is 11.8 Å². The number of carbonyl (C=O) groups excluding carboxylic acids is 1. The van der Waals surface area contributed by atoms with E-state index in [1.807, 2.05) is 31.9 Å². The van der Waals surface area contributed by atoms with Crippen molar-refractivity contribution in [3.8, 4) is 0 Å². The van der Waals surface area contributed by atoms with Crippen LogP contribution in [0.2, 0.25) is 0 Å². The van der Waals surface area contributed by atoms with Crippen molar-refractivity contribution in [3.05, 3.63) is 17.5 Å². The van der Waals surface area contributed by atoms with Gasteiger partial charge in [0.05, 0.1) is 0 Å². The lowest BCUT2D eigenvalue weighted by Crippen LogP contribution is -2.37. The Hall–Kier alpha value is -1.85. The second-order valence-corrected chi connectivity index (χ2v) is 7.95. The third-order valence-corrected chi connectivity index (χ3v) is 4.99. The quantitative estimate of drug-likeness (QED) is 0.792. The molecule has 124 valence electrons. The van der Waals surface area contributed by atoms with Crippen molar-refractivity contribution < 1.29 is 9.53 Å². The molecule has 23 heavy (non-hydrogen) atoms. The summed E-state index contributed by atoms with van der Waals surface area (Å²) in [7, 11) is 0. The van der Waals surface area contributed by atoms with Gasteiger partial charge in [0.1, 0.15) is 5.60 Å². The minimum atomic E-state index is -0.430. The molecule has 0 bridgehead atoms. The van der Waals surface area contributed by atoms with Gasteiger partial charge in [-0.15, -0.1) is 0 Å². The van der Waals surface area contributed by atoms with Gasteiger partial charge in [-0.3, -0.25) is 0 Å². The van der Waals surface area contributed by atoms with Crippen LogP contribution in [0.4, 0.5) is 10.7 Å². The van der Waals surface area contributed by atoms with Crippen molar-refractivity contribution in [1.29, 1.82) is 0 Å². The monoisotopic (exact) mass is 316 g/mol. The maximum Gasteiger partial charge on any atom is 0.410 e. The Bertz CT molecular complexity index is 626. The van der Waals surface area contributed by atoms with Crippen LogP contribution >= 0.6 is 0 Å². The number of likely N-dealkylation sites (tertiary alicyclic amines) is 1. The summed E-state index contributed by atoms with van der Waals surface area (Å²) in [4.78, 5) is 25.5. The first-order valence-electron chi connectivity index (χ1n) is 8.47. The standard InChI is InChI=1S/C17H24N4O2/c1-17(2,3)23-16(22)21-9-12-7-20(8-13(12)10-21)15-18-6-11-4-5-14(11)19-15/h6,12-13H,4-5,7-10H2,1-3H3/t12-,13+. The molecule has 0 radical (unpaired) electrons. The Balaban J connectivity index is 1.38. The number of aromatic nitrogens is 2. The largest absolute Gasteiger partial charge is 0.444 e. The minimum Gasteiger partial charge on any atom is -0.444 e. The predicted molar refractivity (Wildman–Crippen MR) is 86.4 cm³/mol. The number of nitrogens with zero attached hydrogens (tertiary/aromatic N) is 4. The van der Waals surface area contributed by atoms with Crippen LogP contribution in [0.3, 0.4) is 0 Å². The van der Waals surface area contributed by atoms with Crippen LogP contribution in [-0.2, 0) is 17.6 Å². The van der Waals surface area contributed by atoms with E-state index < -0.39 is 5.60 Å². The van der Waals surface area contributed by atoms with Gasteiger partial charge in [-0.2, -0.15) is 0 Å². The number of anilines is 1. The van der Waals surface area contributed by atoms with E-state index in [4.69, 9.17) is 4.74 Å². The molecule has 2 aliphatic heterocycles. The van der Waals surface area contributed by atoms with Crippen LogP contribution in [-0.4, -0.2) is 52.7 Å². The van der Waals surface area contributed by atoms with Gasteiger partial charge in [0.15, 0.2) is 0 Å². The first-order valence-corrected chi connectivity index (χ1v) is 8.47. The number of aryl methyl sites for hydroxylation is 2. The van der Waals surface area contributed by atoms with Crippen molar-refractivity contribution in [2.75, 3.05) is 31.1 Å². The molecule has 3 heterocycles. The van der Waals surface area contributed by atoms with Gasteiger partial charge in [0, 0.05) is 49.9 Å². The molecule has 6 nitrogen and oxygen atoms in total. The molecule has 1 aromatic rings. The van der Waals surface area contributed by atoms with Crippen molar-refractivity contribution in [2.45, 2.75) is 39.2 Å². The predicted octanol–water partition coefficient (Wildman–Crippen LogP) is 1.88. The third-order valence-electron chi connectivity index (χ3n) is 4.99. The van der Waals surface area contributed by atoms with Gasteiger partial charge in [-0.05, 0) is 39.2 Å². The Morgan fingerprint density at radius 3 is 2.39 bits per heavy atom. The molecule has 1 aliphatic carbocycles. The first-order chi connectivity index (χ1) is 10.9. The van der Waals surface area contributed by atoms with Crippen molar-refractivity contribution in [1.82, 2.24) is 14.9 Å². The van der Waals surface area contributed by atoms with Gasteiger partial charge in [0.25, 0.3) is 0 Å². The highest BCUT2D eigenvalue weighted by Gasteiger charge is 2.43. The normalized spacial score (nSPS) is 25.9. The van der Waals surface area contributed by atoms with E-state index in [-0.39, 0.29) is 6.09 Å². The van der Waals surface area contributed by atoms with Gasteiger partial charge in [0.2, 0.25) is 5.95 Å². The number of fused-ring (bicyclic) bond motifs is 2. The Labute approximate surface area is 136 Å². The Kier molecular flexibility index (Phi) is 3.25. The highest BCUT2D eigenvalue weighted by atomic mass is 16.6. The smallest absolute Gasteiger partial charge is 0.410 e. The lowest BCUT2D eigenvalue weighted by molar-refractivity contribution is 0.0282. The fourth-order valence-corrected chi connectivity index (χ4v) is 3.72. The summed E-state index contributed by atoms with van der Waals surface area (Å²) >= 11 is 0. The molecule has 0 unspecified atom stereocenters. The zero-order chi connectivity index (χ0) is 16.2. The number of amides is 1. The number of rotatable bonds is 1. The average molecular weight is 316 g/mol. The topological polar surface area (TPSA) is 58.6 Å². The fourth-order valence-electron chi connectivity index (χ4n) is 3.72. The van der Waals surface area contributed by atoms with E-state index in [2.05, 4.69) is 14.9 Å². The van der Waals surface area contributed by atoms with Gasteiger partial charge in [-0.1, -0.05) is 0 Å². The minimum absolute atomic E-state index is 0.184. The molecule has 2 fully saturated rings. The number of ether oxygens (including phenoxy) is 1. The lowest BCUT2D eigenvalue weighted by atomic mass is 9.96. The molecule has 0 aromatic carbocycles. The van der Waals surface area contributed by atoms with Crippen molar-refractivity contribution in [3.63, 3.8) is 0 Å². The summed E-state index contributed by atoms with van der Waals surface area (Å²) in [6, 6.07) is 0. The first kappa shape index (κ1) is 14.7. The summed E-state index contributed by atoms with van der Waals surface area (Å²) in [5, 5.41) is 0.